The van der Waals surface area contributed by atoms with Crippen LogP contribution >= 0.6 is 15.9 Å². The summed E-state index contributed by atoms with van der Waals surface area (Å²) in [6, 6.07) is 14.1. The van der Waals surface area contributed by atoms with Crippen LogP contribution in [0.1, 0.15) is 11.3 Å². The fraction of sp³-hybridized carbons (Fsp3) is 0.150. The molecule has 0 saturated carbocycles. The SMILES string of the molecule is COc1cc(-c2nnc(NCc3ccc(Br)cc3)o2)ccc1-n1cnc(C)c1. The van der Waals surface area contributed by atoms with Gasteiger partial charge >= 0.3 is 6.01 Å². The maximum atomic E-state index is 5.75. The fourth-order valence-corrected chi connectivity index (χ4v) is 3.03. The molecule has 0 unspecified atom stereocenters. The predicted octanol–water partition coefficient (Wildman–Crippen LogP) is 4.61. The van der Waals surface area contributed by atoms with Gasteiger partial charge in [-0.1, -0.05) is 33.2 Å². The van der Waals surface area contributed by atoms with E-state index in [4.69, 9.17) is 9.15 Å². The molecule has 0 fully saturated rings. The van der Waals surface area contributed by atoms with Crippen LogP contribution in [0.4, 0.5) is 6.01 Å². The van der Waals surface area contributed by atoms with Crippen molar-refractivity contribution < 1.29 is 9.15 Å². The third-order valence-electron chi connectivity index (χ3n) is 4.20. The minimum absolute atomic E-state index is 0.367. The molecule has 0 aliphatic heterocycles. The average molecular weight is 440 g/mol. The maximum absolute atomic E-state index is 5.75. The molecule has 142 valence electrons. The number of aromatic nitrogens is 4. The van der Waals surface area contributed by atoms with Gasteiger partial charge in [0.1, 0.15) is 5.75 Å². The molecular formula is C20H18BrN5O2. The summed E-state index contributed by atoms with van der Waals surface area (Å²) in [5, 5.41) is 11.3. The minimum atomic E-state index is 0.367. The number of halogens is 1. The van der Waals surface area contributed by atoms with Crippen LogP contribution in [0.25, 0.3) is 17.1 Å². The van der Waals surface area contributed by atoms with Crippen molar-refractivity contribution in [3.8, 4) is 22.9 Å². The van der Waals surface area contributed by atoms with E-state index in [0.29, 0.717) is 24.2 Å². The van der Waals surface area contributed by atoms with Crippen molar-refractivity contribution in [3.63, 3.8) is 0 Å². The molecule has 0 aliphatic carbocycles. The van der Waals surface area contributed by atoms with E-state index in [9.17, 15) is 0 Å². The number of hydrogen-bond donors (Lipinski definition) is 1. The summed E-state index contributed by atoms with van der Waals surface area (Å²) in [5.74, 6) is 1.11. The molecule has 0 saturated heterocycles. The van der Waals surface area contributed by atoms with Gasteiger partial charge in [-0.15, -0.1) is 5.10 Å². The molecule has 7 nitrogen and oxygen atoms in total. The molecule has 2 aromatic carbocycles. The molecule has 28 heavy (non-hydrogen) atoms. The molecule has 1 N–H and O–H groups in total. The zero-order valence-electron chi connectivity index (χ0n) is 15.4. The molecule has 2 aromatic heterocycles. The third-order valence-corrected chi connectivity index (χ3v) is 4.73. The smallest absolute Gasteiger partial charge is 0.316 e. The second-order valence-corrected chi connectivity index (χ2v) is 7.12. The zero-order valence-corrected chi connectivity index (χ0v) is 17.0. The van der Waals surface area contributed by atoms with E-state index in [1.807, 2.05) is 60.2 Å². The van der Waals surface area contributed by atoms with Crippen molar-refractivity contribution in [1.82, 2.24) is 19.7 Å². The highest BCUT2D eigenvalue weighted by Gasteiger charge is 2.13. The van der Waals surface area contributed by atoms with Gasteiger partial charge in [0.25, 0.3) is 0 Å². The Balaban J connectivity index is 1.52. The Morgan fingerprint density at radius 3 is 2.68 bits per heavy atom. The van der Waals surface area contributed by atoms with Gasteiger partial charge in [0, 0.05) is 22.8 Å². The minimum Gasteiger partial charge on any atom is -0.495 e. The van der Waals surface area contributed by atoms with Crippen molar-refractivity contribution in [2.24, 2.45) is 0 Å². The van der Waals surface area contributed by atoms with Gasteiger partial charge in [0.05, 0.1) is 24.8 Å². The Bertz CT molecular complexity index is 1090. The highest BCUT2D eigenvalue weighted by Crippen LogP contribution is 2.30. The van der Waals surface area contributed by atoms with Gasteiger partial charge in [-0.3, -0.25) is 0 Å². The van der Waals surface area contributed by atoms with E-state index in [1.54, 1.807) is 13.4 Å². The highest BCUT2D eigenvalue weighted by atomic mass is 79.9. The van der Waals surface area contributed by atoms with Gasteiger partial charge in [-0.05, 0) is 42.8 Å². The van der Waals surface area contributed by atoms with Gasteiger partial charge in [-0.2, -0.15) is 0 Å². The first-order valence-electron chi connectivity index (χ1n) is 8.63. The molecule has 0 radical (unpaired) electrons. The number of anilines is 1. The van der Waals surface area contributed by atoms with Crippen LogP contribution in [-0.4, -0.2) is 26.9 Å². The van der Waals surface area contributed by atoms with Crippen molar-refractivity contribution in [2.75, 3.05) is 12.4 Å². The van der Waals surface area contributed by atoms with Crippen molar-refractivity contribution in [1.29, 1.82) is 0 Å². The second-order valence-electron chi connectivity index (χ2n) is 6.20. The topological polar surface area (TPSA) is 78.0 Å². The number of nitrogens with zero attached hydrogens (tertiary/aromatic N) is 4. The Kier molecular flexibility index (Phi) is 5.12. The van der Waals surface area contributed by atoms with E-state index in [1.165, 1.54) is 0 Å². The van der Waals surface area contributed by atoms with E-state index >= 15 is 0 Å². The summed E-state index contributed by atoms with van der Waals surface area (Å²) in [4.78, 5) is 4.26. The number of methoxy groups -OCH3 is 1. The Morgan fingerprint density at radius 1 is 1.14 bits per heavy atom. The van der Waals surface area contributed by atoms with Crippen LogP contribution in [0.5, 0.6) is 5.75 Å². The first-order chi connectivity index (χ1) is 13.6. The van der Waals surface area contributed by atoms with Crippen LogP contribution in [0.15, 0.2) is 63.9 Å². The lowest BCUT2D eigenvalue weighted by molar-refractivity contribution is 0.413. The summed E-state index contributed by atoms with van der Waals surface area (Å²) in [5.41, 5.74) is 3.72. The zero-order chi connectivity index (χ0) is 19.5. The number of hydrogen-bond acceptors (Lipinski definition) is 6. The normalized spacial score (nSPS) is 10.8. The predicted molar refractivity (Wildman–Crippen MR) is 110 cm³/mol. The number of ether oxygens (including phenoxy) is 1. The molecule has 4 rings (SSSR count). The number of rotatable bonds is 6. The summed E-state index contributed by atoms with van der Waals surface area (Å²) < 4.78 is 14.2. The Labute approximate surface area is 170 Å². The van der Waals surface area contributed by atoms with Crippen LogP contribution in [0, 0.1) is 6.92 Å². The number of aryl methyl sites for hydroxylation is 1. The van der Waals surface area contributed by atoms with Gasteiger partial charge in [0.2, 0.25) is 5.89 Å². The van der Waals surface area contributed by atoms with Gasteiger partial charge in [0.15, 0.2) is 0 Å². The lowest BCUT2D eigenvalue weighted by Gasteiger charge is -2.09. The molecule has 0 bridgehead atoms. The summed E-state index contributed by atoms with van der Waals surface area (Å²) in [6.07, 6.45) is 3.69. The summed E-state index contributed by atoms with van der Waals surface area (Å²) >= 11 is 3.43. The Morgan fingerprint density at radius 2 is 1.96 bits per heavy atom. The fourth-order valence-electron chi connectivity index (χ4n) is 2.77. The summed E-state index contributed by atoms with van der Waals surface area (Å²) in [6.45, 7) is 2.54. The van der Waals surface area contributed by atoms with E-state index in [-0.39, 0.29) is 0 Å². The van der Waals surface area contributed by atoms with Crippen molar-refractivity contribution in [3.05, 3.63) is 70.7 Å². The van der Waals surface area contributed by atoms with E-state index < -0.39 is 0 Å². The molecule has 0 aliphatic rings. The number of nitrogens with one attached hydrogen (secondary N) is 1. The third kappa shape index (κ3) is 3.91. The monoisotopic (exact) mass is 439 g/mol. The van der Waals surface area contributed by atoms with Crippen molar-refractivity contribution in [2.45, 2.75) is 13.5 Å². The molecule has 4 aromatic rings. The van der Waals surface area contributed by atoms with E-state index in [0.717, 1.165) is 27.0 Å². The van der Waals surface area contributed by atoms with Gasteiger partial charge in [-0.25, -0.2) is 4.98 Å². The molecule has 8 heteroatoms. The Hall–Kier alpha value is -3.13. The van der Waals surface area contributed by atoms with Crippen molar-refractivity contribution >= 4 is 21.9 Å². The molecule has 0 amide bonds. The highest BCUT2D eigenvalue weighted by molar-refractivity contribution is 9.10. The number of benzene rings is 2. The largest absolute Gasteiger partial charge is 0.495 e. The quantitative estimate of drug-likeness (QED) is 0.472. The van der Waals surface area contributed by atoms with Crippen LogP contribution < -0.4 is 10.1 Å². The summed E-state index contributed by atoms with van der Waals surface area (Å²) in [7, 11) is 1.63. The van der Waals surface area contributed by atoms with Crippen LogP contribution in [0.3, 0.4) is 0 Å². The first kappa shape index (κ1) is 18.2. The lowest BCUT2D eigenvalue weighted by atomic mass is 10.2. The van der Waals surface area contributed by atoms with Crippen LogP contribution in [0.2, 0.25) is 0 Å². The maximum Gasteiger partial charge on any atom is 0.316 e. The van der Waals surface area contributed by atoms with Crippen LogP contribution in [-0.2, 0) is 6.54 Å². The lowest BCUT2D eigenvalue weighted by Crippen LogP contribution is -1.99. The average Bonchev–Trinajstić information content (AvgIpc) is 3.36. The van der Waals surface area contributed by atoms with Gasteiger partial charge < -0.3 is 19.0 Å². The molecule has 2 heterocycles. The molecule has 0 spiro atoms. The first-order valence-corrected chi connectivity index (χ1v) is 9.43. The van der Waals surface area contributed by atoms with E-state index in [2.05, 4.69) is 36.4 Å². The molecule has 0 atom stereocenters. The number of imidazole rings is 1. The molecular weight excluding hydrogens is 422 g/mol. The standard InChI is InChI=1S/C20H18BrN5O2/c1-13-11-26(12-23-13)17-8-5-15(9-18(17)27-2)19-24-25-20(28-19)22-10-14-3-6-16(21)7-4-14/h3-9,11-12H,10H2,1-2H3,(H,22,25). The second kappa shape index (κ2) is 7.85.